The molecule has 20 heavy (non-hydrogen) atoms. The molecule has 0 aliphatic carbocycles. The first-order chi connectivity index (χ1) is 9.46. The molecule has 0 saturated carbocycles. The molecule has 0 radical (unpaired) electrons. The Morgan fingerprint density at radius 3 is 2.60 bits per heavy atom. The van der Waals surface area contributed by atoms with Crippen LogP contribution in [0.2, 0.25) is 0 Å². The molecule has 1 aliphatic heterocycles. The van der Waals surface area contributed by atoms with Gasteiger partial charge in [0.15, 0.2) is 11.5 Å². The average Bonchev–Trinajstić information content (AvgIpc) is 2.42. The molecule has 0 aromatic heterocycles. The minimum Gasteiger partial charge on any atom is -0.486 e. The predicted octanol–water partition coefficient (Wildman–Crippen LogP) is 2.46. The largest absolute Gasteiger partial charge is 0.486 e. The minimum atomic E-state index is -4.35. The molecule has 0 amide bonds. The molecule has 1 N–H and O–H groups in total. The third-order valence-corrected chi connectivity index (χ3v) is 2.75. The molecule has 0 saturated heterocycles. The Labute approximate surface area is 114 Å². The summed E-state index contributed by atoms with van der Waals surface area (Å²) >= 11 is 0. The quantitative estimate of drug-likeness (QED) is 0.847. The van der Waals surface area contributed by atoms with Crippen LogP contribution in [0.3, 0.4) is 0 Å². The van der Waals surface area contributed by atoms with Gasteiger partial charge in [0.1, 0.15) is 19.8 Å². The molecule has 2 rings (SSSR count). The van der Waals surface area contributed by atoms with E-state index in [2.05, 4.69) is 4.74 Å². The molecule has 7 heteroatoms. The number of ether oxygens (including phenoxy) is 3. The first kappa shape index (κ1) is 14.9. The zero-order chi connectivity index (χ0) is 14.6. The highest BCUT2D eigenvalue weighted by Crippen LogP contribution is 2.33. The Balaban J connectivity index is 1.84. The molecule has 0 fully saturated rings. The van der Waals surface area contributed by atoms with Crippen molar-refractivity contribution >= 4 is 0 Å². The van der Waals surface area contributed by atoms with Gasteiger partial charge < -0.3 is 19.3 Å². The number of alkyl halides is 3. The van der Waals surface area contributed by atoms with Crippen molar-refractivity contribution in [2.75, 3.05) is 26.4 Å². The summed E-state index contributed by atoms with van der Waals surface area (Å²) in [6.07, 6.45) is -5.17. The maximum Gasteiger partial charge on any atom is 0.411 e. The van der Waals surface area contributed by atoms with Gasteiger partial charge in [-0.25, -0.2) is 0 Å². The molecule has 0 bridgehead atoms. The van der Waals surface area contributed by atoms with E-state index in [-0.39, 0.29) is 13.0 Å². The Hall–Kier alpha value is -1.47. The van der Waals surface area contributed by atoms with Crippen molar-refractivity contribution < 1.29 is 32.5 Å². The van der Waals surface area contributed by atoms with Gasteiger partial charge in [-0.15, -0.1) is 0 Å². The van der Waals surface area contributed by atoms with Crippen LogP contribution in [0.5, 0.6) is 11.5 Å². The van der Waals surface area contributed by atoms with Crippen molar-refractivity contribution in [1.82, 2.24) is 0 Å². The summed E-state index contributed by atoms with van der Waals surface area (Å²) in [6, 6.07) is 4.95. The van der Waals surface area contributed by atoms with Crippen LogP contribution in [0.25, 0.3) is 0 Å². The fourth-order valence-electron chi connectivity index (χ4n) is 1.82. The highest BCUT2D eigenvalue weighted by molar-refractivity contribution is 5.44. The van der Waals surface area contributed by atoms with Gasteiger partial charge >= 0.3 is 6.18 Å². The second-order valence-corrected chi connectivity index (χ2v) is 4.38. The fourth-order valence-corrected chi connectivity index (χ4v) is 1.82. The maximum atomic E-state index is 11.9. The highest BCUT2D eigenvalue weighted by atomic mass is 19.4. The number of halogens is 3. The monoisotopic (exact) mass is 292 g/mol. The molecule has 1 unspecified atom stereocenters. The van der Waals surface area contributed by atoms with E-state index < -0.39 is 18.9 Å². The lowest BCUT2D eigenvalue weighted by Gasteiger charge is -2.20. The molecule has 1 atom stereocenters. The van der Waals surface area contributed by atoms with Crippen molar-refractivity contribution in [3.05, 3.63) is 23.8 Å². The number of rotatable bonds is 5. The summed E-state index contributed by atoms with van der Waals surface area (Å²) in [7, 11) is 0. The SMILES string of the molecule is OC(CCOCC(F)(F)F)c1ccc2c(c1)OCCO2. The summed E-state index contributed by atoms with van der Waals surface area (Å²) in [6.45, 7) is -0.572. The van der Waals surface area contributed by atoms with E-state index in [0.717, 1.165) is 0 Å². The summed E-state index contributed by atoms with van der Waals surface area (Å²) in [5.74, 6) is 1.13. The fraction of sp³-hybridized carbons (Fsp3) is 0.538. The highest BCUT2D eigenvalue weighted by Gasteiger charge is 2.27. The van der Waals surface area contributed by atoms with Crippen LogP contribution in [-0.2, 0) is 4.74 Å². The summed E-state index contributed by atoms with van der Waals surface area (Å²) in [4.78, 5) is 0. The smallest absolute Gasteiger partial charge is 0.411 e. The van der Waals surface area contributed by atoms with E-state index in [1.807, 2.05) is 0 Å². The lowest BCUT2D eigenvalue weighted by molar-refractivity contribution is -0.175. The molecule has 1 aliphatic rings. The second kappa shape index (κ2) is 6.32. The molecule has 1 aromatic rings. The first-order valence-corrected chi connectivity index (χ1v) is 6.18. The summed E-state index contributed by atoms with van der Waals surface area (Å²) < 4.78 is 50.8. The zero-order valence-corrected chi connectivity index (χ0v) is 10.7. The molecule has 4 nitrogen and oxygen atoms in total. The minimum absolute atomic E-state index is 0.0791. The number of aliphatic hydroxyl groups excluding tert-OH is 1. The van der Waals surface area contributed by atoms with E-state index in [1.54, 1.807) is 18.2 Å². The van der Waals surface area contributed by atoms with Crippen LogP contribution in [-0.4, -0.2) is 37.7 Å². The molecule has 1 aromatic carbocycles. The van der Waals surface area contributed by atoms with Crippen molar-refractivity contribution in [3.63, 3.8) is 0 Å². The van der Waals surface area contributed by atoms with E-state index in [0.29, 0.717) is 30.3 Å². The summed E-state index contributed by atoms with van der Waals surface area (Å²) in [5.41, 5.74) is 0.560. The van der Waals surface area contributed by atoms with Gasteiger partial charge in [0.05, 0.1) is 6.10 Å². The van der Waals surface area contributed by atoms with Gasteiger partial charge in [0.2, 0.25) is 0 Å². The van der Waals surface area contributed by atoms with E-state index in [4.69, 9.17) is 9.47 Å². The van der Waals surface area contributed by atoms with Gasteiger partial charge in [-0.2, -0.15) is 13.2 Å². The lowest BCUT2D eigenvalue weighted by Crippen LogP contribution is -2.18. The number of aliphatic hydroxyl groups is 1. The van der Waals surface area contributed by atoms with Crippen molar-refractivity contribution in [2.24, 2.45) is 0 Å². The number of fused-ring (bicyclic) bond motifs is 1. The number of hydrogen-bond donors (Lipinski definition) is 1. The van der Waals surface area contributed by atoms with Crippen LogP contribution in [0.15, 0.2) is 18.2 Å². The van der Waals surface area contributed by atoms with E-state index in [9.17, 15) is 18.3 Å². The third kappa shape index (κ3) is 4.28. The number of hydrogen-bond acceptors (Lipinski definition) is 4. The number of benzene rings is 1. The van der Waals surface area contributed by atoms with E-state index >= 15 is 0 Å². The molecule has 0 spiro atoms. The van der Waals surface area contributed by atoms with Crippen molar-refractivity contribution in [2.45, 2.75) is 18.7 Å². The van der Waals surface area contributed by atoms with Crippen LogP contribution < -0.4 is 9.47 Å². The molecular formula is C13H15F3O4. The van der Waals surface area contributed by atoms with Gasteiger partial charge in [0.25, 0.3) is 0 Å². The zero-order valence-electron chi connectivity index (χ0n) is 10.7. The van der Waals surface area contributed by atoms with Gasteiger partial charge in [-0.1, -0.05) is 6.07 Å². The topological polar surface area (TPSA) is 47.9 Å². The van der Waals surface area contributed by atoms with Crippen LogP contribution in [0.1, 0.15) is 18.1 Å². The predicted molar refractivity (Wildman–Crippen MR) is 63.9 cm³/mol. The Bertz CT molecular complexity index is 448. The third-order valence-electron chi connectivity index (χ3n) is 2.75. The van der Waals surface area contributed by atoms with Crippen LogP contribution in [0.4, 0.5) is 13.2 Å². The standard InChI is InChI=1S/C13H15F3O4/c14-13(15,16)8-18-4-3-10(17)9-1-2-11-12(7-9)20-6-5-19-11/h1-2,7,10,17H,3-6,8H2. The Kier molecular flexibility index (Phi) is 4.72. The lowest BCUT2D eigenvalue weighted by atomic mass is 10.1. The Morgan fingerprint density at radius 2 is 1.90 bits per heavy atom. The molecule has 1 heterocycles. The normalized spacial score (nSPS) is 16.0. The second-order valence-electron chi connectivity index (χ2n) is 4.38. The van der Waals surface area contributed by atoms with Crippen molar-refractivity contribution in [3.8, 4) is 11.5 Å². The maximum absolute atomic E-state index is 11.9. The van der Waals surface area contributed by atoms with Crippen LogP contribution in [0, 0.1) is 0 Å². The van der Waals surface area contributed by atoms with E-state index in [1.165, 1.54) is 0 Å². The first-order valence-electron chi connectivity index (χ1n) is 6.18. The van der Waals surface area contributed by atoms with Crippen molar-refractivity contribution in [1.29, 1.82) is 0 Å². The average molecular weight is 292 g/mol. The van der Waals surface area contributed by atoms with Gasteiger partial charge in [-0.3, -0.25) is 0 Å². The van der Waals surface area contributed by atoms with Gasteiger partial charge in [0, 0.05) is 13.0 Å². The molecule has 112 valence electrons. The van der Waals surface area contributed by atoms with Gasteiger partial charge in [-0.05, 0) is 17.7 Å². The summed E-state index contributed by atoms with van der Waals surface area (Å²) in [5, 5.41) is 9.89. The van der Waals surface area contributed by atoms with Crippen LogP contribution >= 0.6 is 0 Å². The Morgan fingerprint density at radius 1 is 1.20 bits per heavy atom. The molecular weight excluding hydrogens is 277 g/mol.